The number of hydrogen-bond donors (Lipinski definition) is 0. The van der Waals surface area contributed by atoms with Gasteiger partial charge in [0, 0.05) is 12.5 Å². The van der Waals surface area contributed by atoms with E-state index in [2.05, 4.69) is 40.8 Å². The molecule has 0 saturated heterocycles. The molecular formula is C24H44O3Si. The van der Waals surface area contributed by atoms with Gasteiger partial charge in [0.1, 0.15) is 0 Å². The van der Waals surface area contributed by atoms with Gasteiger partial charge in [0.05, 0.1) is 7.11 Å². The minimum Gasteiger partial charge on any atom is -0.469 e. The van der Waals surface area contributed by atoms with Crippen molar-refractivity contribution in [3.8, 4) is 0 Å². The Morgan fingerprint density at radius 3 is 2.36 bits per heavy atom. The number of rotatable bonds is 7. The van der Waals surface area contributed by atoms with Crippen LogP contribution < -0.4 is 0 Å². The molecule has 0 unspecified atom stereocenters. The maximum Gasteiger partial charge on any atom is 0.305 e. The first-order chi connectivity index (χ1) is 13.0. The van der Waals surface area contributed by atoms with Gasteiger partial charge in [0.25, 0.3) is 0 Å². The fourth-order valence-electron chi connectivity index (χ4n) is 6.44. The Morgan fingerprint density at radius 1 is 1.11 bits per heavy atom. The highest BCUT2D eigenvalue weighted by molar-refractivity contribution is 6.74. The summed E-state index contributed by atoms with van der Waals surface area (Å²) < 4.78 is 11.9. The standard InChI is InChI=1S/C24H44O3Si/c1-22(2,3)28(6,7)27-19-10-8-14-23(4)18(19)12-13-20(23)24(16-17-24)15-9-11-21(25)26-5/h18-20H,8-17H2,1-7H3/t18-,19-,20-,23-/m0/s1. The van der Waals surface area contributed by atoms with E-state index in [4.69, 9.17) is 9.16 Å². The van der Waals surface area contributed by atoms with Crippen molar-refractivity contribution in [2.75, 3.05) is 7.11 Å². The van der Waals surface area contributed by atoms with Crippen molar-refractivity contribution in [2.24, 2.45) is 22.7 Å². The van der Waals surface area contributed by atoms with E-state index in [0.29, 0.717) is 23.4 Å². The van der Waals surface area contributed by atoms with E-state index in [1.807, 2.05) is 0 Å². The minimum absolute atomic E-state index is 0.0492. The first kappa shape index (κ1) is 22.3. The van der Waals surface area contributed by atoms with Gasteiger partial charge in [-0.3, -0.25) is 4.79 Å². The molecule has 0 heterocycles. The molecule has 3 fully saturated rings. The molecule has 3 aliphatic carbocycles. The monoisotopic (exact) mass is 408 g/mol. The van der Waals surface area contributed by atoms with Crippen LogP contribution in [0.15, 0.2) is 0 Å². The molecule has 28 heavy (non-hydrogen) atoms. The van der Waals surface area contributed by atoms with Crippen molar-refractivity contribution in [1.82, 2.24) is 0 Å². The fraction of sp³-hybridized carbons (Fsp3) is 0.958. The van der Waals surface area contributed by atoms with E-state index >= 15 is 0 Å². The van der Waals surface area contributed by atoms with Gasteiger partial charge in [-0.2, -0.15) is 0 Å². The molecular weight excluding hydrogens is 364 g/mol. The van der Waals surface area contributed by atoms with Crippen LogP contribution in [0.4, 0.5) is 0 Å². The van der Waals surface area contributed by atoms with Crippen LogP contribution in [0.2, 0.25) is 18.1 Å². The predicted octanol–water partition coefficient (Wildman–Crippen LogP) is 6.72. The highest BCUT2D eigenvalue weighted by Gasteiger charge is 2.62. The van der Waals surface area contributed by atoms with Crippen LogP contribution >= 0.6 is 0 Å². The molecule has 3 nitrogen and oxygen atoms in total. The normalized spacial score (nSPS) is 34.8. The minimum atomic E-state index is -1.73. The highest BCUT2D eigenvalue weighted by atomic mass is 28.4. The van der Waals surface area contributed by atoms with Gasteiger partial charge in [0.15, 0.2) is 8.32 Å². The number of carbonyl (C=O) groups is 1. The van der Waals surface area contributed by atoms with Crippen LogP contribution in [0, 0.1) is 22.7 Å². The van der Waals surface area contributed by atoms with Crippen LogP contribution in [-0.4, -0.2) is 27.5 Å². The summed E-state index contributed by atoms with van der Waals surface area (Å²) >= 11 is 0. The summed E-state index contributed by atoms with van der Waals surface area (Å²) in [6.45, 7) is 14.5. The zero-order chi connectivity index (χ0) is 20.8. The quantitative estimate of drug-likeness (QED) is 0.346. The number of carbonyl (C=O) groups excluding carboxylic acids is 1. The van der Waals surface area contributed by atoms with Gasteiger partial charge >= 0.3 is 5.97 Å². The SMILES string of the molecule is COC(=O)CCCC1([C@H]2CC[C@H]3[C@@H](O[Si](C)(C)C(C)(C)C)CCC[C@]23C)CC1. The summed E-state index contributed by atoms with van der Waals surface area (Å²) in [5.41, 5.74) is 0.948. The third-order valence-electron chi connectivity index (χ3n) is 9.23. The molecule has 4 heteroatoms. The number of ether oxygens (including phenoxy) is 1. The number of esters is 1. The Labute approximate surface area is 174 Å². The lowest BCUT2D eigenvalue weighted by Crippen LogP contribution is -2.50. The van der Waals surface area contributed by atoms with E-state index in [9.17, 15) is 4.79 Å². The fourth-order valence-corrected chi connectivity index (χ4v) is 7.83. The molecule has 3 rings (SSSR count). The van der Waals surface area contributed by atoms with Crippen molar-refractivity contribution in [3.63, 3.8) is 0 Å². The summed E-state index contributed by atoms with van der Waals surface area (Å²) in [5.74, 6) is 1.51. The van der Waals surface area contributed by atoms with Crippen molar-refractivity contribution in [3.05, 3.63) is 0 Å². The molecule has 0 aromatic carbocycles. The lowest BCUT2D eigenvalue weighted by molar-refractivity contribution is -0.140. The second kappa shape index (κ2) is 7.72. The van der Waals surface area contributed by atoms with Crippen molar-refractivity contribution < 1.29 is 14.0 Å². The summed E-state index contributed by atoms with van der Waals surface area (Å²) in [4.78, 5) is 11.6. The predicted molar refractivity (Wildman–Crippen MR) is 118 cm³/mol. The molecule has 162 valence electrons. The molecule has 0 aromatic rings. The summed E-state index contributed by atoms with van der Waals surface area (Å²) in [6.07, 6.45) is 12.7. The zero-order valence-corrected chi connectivity index (χ0v) is 20.5. The van der Waals surface area contributed by atoms with Crippen LogP contribution in [0.1, 0.15) is 91.9 Å². The summed E-state index contributed by atoms with van der Waals surface area (Å²) in [7, 11) is -0.224. The first-order valence-corrected chi connectivity index (χ1v) is 14.6. The van der Waals surface area contributed by atoms with Gasteiger partial charge in [-0.15, -0.1) is 0 Å². The van der Waals surface area contributed by atoms with Gasteiger partial charge in [-0.25, -0.2) is 0 Å². The Morgan fingerprint density at radius 2 is 1.79 bits per heavy atom. The molecule has 3 aliphatic rings. The van der Waals surface area contributed by atoms with Gasteiger partial charge in [0.2, 0.25) is 0 Å². The summed E-state index contributed by atoms with van der Waals surface area (Å²) in [5, 5.41) is 0.282. The van der Waals surface area contributed by atoms with Crippen molar-refractivity contribution >= 4 is 14.3 Å². The van der Waals surface area contributed by atoms with Crippen LogP contribution in [0.5, 0.6) is 0 Å². The Kier molecular flexibility index (Phi) is 6.16. The Balaban J connectivity index is 1.69. The van der Waals surface area contributed by atoms with Gasteiger partial charge < -0.3 is 9.16 Å². The number of methoxy groups -OCH3 is 1. The van der Waals surface area contributed by atoms with E-state index in [1.165, 1.54) is 58.5 Å². The molecule has 0 N–H and O–H groups in total. The average Bonchev–Trinajstić information content (AvgIpc) is 3.27. The van der Waals surface area contributed by atoms with E-state index < -0.39 is 8.32 Å². The van der Waals surface area contributed by atoms with E-state index in [0.717, 1.165) is 18.3 Å². The maximum atomic E-state index is 11.6. The van der Waals surface area contributed by atoms with Gasteiger partial charge in [-0.05, 0) is 92.2 Å². The third-order valence-corrected chi connectivity index (χ3v) is 13.7. The average molecular weight is 409 g/mol. The second-order valence-electron chi connectivity index (χ2n) is 11.8. The summed E-state index contributed by atoms with van der Waals surface area (Å²) in [6, 6.07) is 0. The Hall–Kier alpha value is -0.353. The molecule has 0 spiro atoms. The van der Waals surface area contributed by atoms with Crippen molar-refractivity contribution in [2.45, 2.75) is 116 Å². The highest BCUT2D eigenvalue weighted by Crippen LogP contribution is 2.69. The molecule has 0 amide bonds. The molecule has 3 saturated carbocycles. The molecule has 0 radical (unpaired) electrons. The lowest BCUT2D eigenvalue weighted by Gasteiger charge is -2.50. The second-order valence-corrected chi connectivity index (χ2v) is 16.6. The maximum absolute atomic E-state index is 11.6. The topological polar surface area (TPSA) is 35.5 Å². The van der Waals surface area contributed by atoms with Crippen LogP contribution in [0.25, 0.3) is 0 Å². The lowest BCUT2D eigenvalue weighted by atomic mass is 9.60. The largest absolute Gasteiger partial charge is 0.469 e. The van der Waals surface area contributed by atoms with E-state index in [-0.39, 0.29) is 11.0 Å². The first-order valence-electron chi connectivity index (χ1n) is 11.7. The molecule has 0 bridgehead atoms. The number of fused-ring (bicyclic) bond motifs is 1. The van der Waals surface area contributed by atoms with Crippen LogP contribution in [-0.2, 0) is 14.0 Å². The third kappa shape index (κ3) is 4.10. The van der Waals surface area contributed by atoms with E-state index in [1.54, 1.807) is 0 Å². The smallest absolute Gasteiger partial charge is 0.305 e. The number of hydrogen-bond acceptors (Lipinski definition) is 3. The molecule has 4 atom stereocenters. The van der Waals surface area contributed by atoms with Gasteiger partial charge in [-0.1, -0.05) is 34.1 Å². The Bertz CT molecular complexity index is 575. The van der Waals surface area contributed by atoms with Crippen LogP contribution in [0.3, 0.4) is 0 Å². The van der Waals surface area contributed by atoms with Crippen molar-refractivity contribution in [1.29, 1.82) is 0 Å². The molecule has 0 aromatic heterocycles. The molecule has 0 aliphatic heterocycles. The zero-order valence-electron chi connectivity index (χ0n) is 19.5.